The fourth-order valence-electron chi connectivity index (χ4n) is 4.77. The number of pyridine rings is 3. The summed E-state index contributed by atoms with van der Waals surface area (Å²) in [4.78, 5) is 22.4. The molecule has 37 heavy (non-hydrogen) atoms. The summed E-state index contributed by atoms with van der Waals surface area (Å²) in [7, 11) is 0. The molecule has 4 aromatic rings. The van der Waals surface area contributed by atoms with E-state index in [9.17, 15) is 4.39 Å². The van der Waals surface area contributed by atoms with Crippen LogP contribution in [0.15, 0.2) is 67.3 Å². The van der Waals surface area contributed by atoms with E-state index < -0.39 is 5.95 Å². The van der Waals surface area contributed by atoms with Crippen LogP contribution in [0.3, 0.4) is 0 Å². The quantitative estimate of drug-likeness (QED) is 0.318. The smallest absolute Gasteiger partial charge is 0.236 e. The van der Waals surface area contributed by atoms with Crippen molar-refractivity contribution >= 4 is 33.8 Å². The van der Waals surface area contributed by atoms with Crippen molar-refractivity contribution in [1.82, 2.24) is 30.2 Å². The highest BCUT2D eigenvalue weighted by Crippen LogP contribution is 2.36. The lowest BCUT2D eigenvalue weighted by molar-refractivity contribution is 0.236. The van der Waals surface area contributed by atoms with Crippen LogP contribution in [0.25, 0.3) is 27.9 Å². The van der Waals surface area contributed by atoms with Crippen molar-refractivity contribution in [2.24, 2.45) is 5.41 Å². The number of allylic oxidation sites excluding steroid dienone is 4. The van der Waals surface area contributed by atoms with Gasteiger partial charge in [-0.05, 0) is 48.2 Å². The summed E-state index contributed by atoms with van der Waals surface area (Å²) in [5.74, 6) is 1.20. The first kappa shape index (κ1) is 23.2. The van der Waals surface area contributed by atoms with Gasteiger partial charge < -0.3 is 16.0 Å². The Morgan fingerprint density at radius 1 is 1.11 bits per heavy atom. The van der Waals surface area contributed by atoms with Gasteiger partial charge in [-0.2, -0.15) is 4.39 Å². The third-order valence-corrected chi connectivity index (χ3v) is 6.95. The second-order valence-electron chi connectivity index (χ2n) is 10.0. The van der Waals surface area contributed by atoms with Crippen LogP contribution in [0.5, 0.6) is 0 Å². The SMILES string of the molecule is CC1(C)CNCCC1Nc1nc(-c2ccnc(Nc3cccnc3F)c2)nc2cncc(C3=CC=C3)c12. The molecule has 0 aromatic carbocycles. The van der Waals surface area contributed by atoms with E-state index in [0.29, 0.717) is 11.6 Å². The first-order valence-corrected chi connectivity index (χ1v) is 12.3. The van der Waals surface area contributed by atoms with Gasteiger partial charge in [-0.25, -0.2) is 19.9 Å². The fraction of sp³-hybridized carbons (Fsp3) is 0.250. The Labute approximate surface area is 214 Å². The number of hydrogen-bond donors (Lipinski definition) is 3. The summed E-state index contributed by atoms with van der Waals surface area (Å²) in [5, 5.41) is 11.2. The molecule has 0 radical (unpaired) electrons. The van der Waals surface area contributed by atoms with Gasteiger partial charge >= 0.3 is 0 Å². The number of piperidine rings is 1. The lowest BCUT2D eigenvalue weighted by atomic mass is 9.80. The van der Waals surface area contributed by atoms with E-state index in [2.05, 4.69) is 56.9 Å². The van der Waals surface area contributed by atoms with Gasteiger partial charge in [-0.3, -0.25) is 4.98 Å². The highest BCUT2D eigenvalue weighted by Gasteiger charge is 2.33. The van der Waals surface area contributed by atoms with Crippen molar-refractivity contribution in [3.05, 3.63) is 78.8 Å². The molecule has 1 unspecified atom stereocenters. The van der Waals surface area contributed by atoms with Crippen molar-refractivity contribution in [2.75, 3.05) is 23.7 Å². The molecule has 1 aliphatic heterocycles. The van der Waals surface area contributed by atoms with E-state index in [4.69, 9.17) is 9.97 Å². The van der Waals surface area contributed by atoms with Crippen molar-refractivity contribution in [1.29, 1.82) is 0 Å². The molecule has 5 heterocycles. The lowest BCUT2D eigenvalue weighted by Crippen LogP contribution is -2.49. The minimum atomic E-state index is -0.592. The van der Waals surface area contributed by atoms with Crippen LogP contribution < -0.4 is 16.0 Å². The Kier molecular flexibility index (Phi) is 5.84. The van der Waals surface area contributed by atoms with E-state index in [-0.39, 0.29) is 17.1 Å². The van der Waals surface area contributed by atoms with Crippen LogP contribution in [-0.4, -0.2) is 44.1 Å². The second-order valence-corrected chi connectivity index (χ2v) is 10.0. The van der Waals surface area contributed by atoms with Gasteiger partial charge in [0.1, 0.15) is 11.6 Å². The largest absolute Gasteiger partial charge is 0.366 e. The maximum absolute atomic E-state index is 14.1. The number of fused-ring (bicyclic) bond motifs is 1. The van der Waals surface area contributed by atoms with Crippen molar-refractivity contribution in [3.63, 3.8) is 0 Å². The standard InChI is InChI=1S/C28H27FN8/c1-28(2)16-30-11-9-22(28)36-27-24-19(17-5-3-6-17)14-31-15-21(24)35-26(37-27)18-8-12-32-23(13-18)34-20-7-4-10-33-25(20)29/h3-8,10,12-15,22,30H,9,11,16H2,1-2H3,(H,32,34)(H,35,36,37). The average Bonchev–Trinajstić information content (AvgIpc) is 2.86. The molecule has 0 spiro atoms. The number of nitrogens with one attached hydrogen (secondary N) is 3. The maximum Gasteiger partial charge on any atom is 0.236 e. The van der Waals surface area contributed by atoms with E-state index in [1.165, 1.54) is 6.20 Å². The lowest BCUT2D eigenvalue weighted by Gasteiger charge is -2.40. The summed E-state index contributed by atoms with van der Waals surface area (Å²) in [6.45, 7) is 6.40. The predicted molar refractivity (Wildman–Crippen MR) is 144 cm³/mol. The minimum Gasteiger partial charge on any atom is -0.366 e. The molecule has 0 amide bonds. The molecule has 1 atom stereocenters. The van der Waals surface area contributed by atoms with E-state index in [0.717, 1.165) is 52.9 Å². The zero-order valence-electron chi connectivity index (χ0n) is 20.7. The Bertz CT molecular complexity index is 1540. The molecule has 9 heteroatoms. The zero-order valence-corrected chi connectivity index (χ0v) is 20.7. The van der Waals surface area contributed by atoms with Gasteiger partial charge in [0, 0.05) is 42.3 Å². The molecule has 2 aliphatic rings. The van der Waals surface area contributed by atoms with Gasteiger partial charge in [0.2, 0.25) is 5.95 Å². The molecule has 186 valence electrons. The minimum absolute atomic E-state index is 0.0417. The molecule has 0 saturated carbocycles. The van der Waals surface area contributed by atoms with Crippen molar-refractivity contribution in [2.45, 2.75) is 26.3 Å². The van der Waals surface area contributed by atoms with E-state index in [1.807, 2.05) is 18.3 Å². The zero-order chi connectivity index (χ0) is 25.4. The normalized spacial score (nSPS) is 18.2. The van der Waals surface area contributed by atoms with Gasteiger partial charge in [-0.15, -0.1) is 0 Å². The first-order valence-electron chi connectivity index (χ1n) is 12.3. The highest BCUT2D eigenvalue weighted by molar-refractivity contribution is 6.02. The molecule has 1 saturated heterocycles. The molecule has 8 nitrogen and oxygen atoms in total. The van der Waals surface area contributed by atoms with E-state index >= 15 is 0 Å². The van der Waals surface area contributed by atoms with Gasteiger partial charge in [0.15, 0.2) is 5.82 Å². The topological polar surface area (TPSA) is 101 Å². The van der Waals surface area contributed by atoms with Crippen molar-refractivity contribution < 1.29 is 4.39 Å². The number of nitrogens with zero attached hydrogens (tertiary/aromatic N) is 5. The molecule has 1 aliphatic carbocycles. The Balaban J connectivity index is 1.44. The number of rotatable bonds is 6. The summed E-state index contributed by atoms with van der Waals surface area (Å²) in [6.07, 6.45) is 13.8. The molecule has 1 fully saturated rings. The van der Waals surface area contributed by atoms with Crippen LogP contribution in [0.1, 0.15) is 25.8 Å². The van der Waals surface area contributed by atoms with E-state index in [1.54, 1.807) is 30.6 Å². The van der Waals surface area contributed by atoms with Gasteiger partial charge in [0.05, 0.1) is 22.8 Å². The summed E-state index contributed by atoms with van der Waals surface area (Å²) in [6, 6.07) is 7.16. The molecule has 3 N–H and O–H groups in total. The molecule has 0 bridgehead atoms. The third kappa shape index (κ3) is 4.53. The summed E-state index contributed by atoms with van der Waals surface area (Å²) < 4.78 is 14.1. The predicted octanol–water partition coefficient (Wildman–Crippen LogP) is 5.12. The maximum atomic E-state index is 14.1. The Hall–Kier alpha value is -4.24. The molecule has 4 aromatic heterocycles. The highest BCUT2D eigenvalue weighted by atomic mass is 19.1. The monoisotopic (exact) mass is 494 g/mol. The van der Waals surface area contributed by atoms with Gasteiger partial charge in [0.25, 0.3) is 0 Å². The Morgan fingerprint density at radius 2 is 2.00 bits per heavy atom. The number of hydrogen-bond acceptors (Lipinski definition) is 8. The average molecular weight is 495 g/mol. The van der Waals surface area contributed by atoms with Crippen LogP contribution in [-0.2, 0) is 0 Å². The molecular weight excluding hydrogens is 467 g/mol. The van der Waals surface area contributed by atoms with Crippen LogP contribution in [0.4, 0.5) is 21.7 Å². The summed E-state index contributed by atoms with van der Waals surface area (Å²) >= 11 is 0. The summed E-state index contributed by atoms with van der Waals surface area (Å²) in [5.41, 5.74) is 3.91. The molecule has 6 rings (SSSR count). The Morgan fingerprint density at radius 3 is 2.78 bits per heavy atom. The fourth-order valence-corrected chi connectivity index (χ4v) is 4.77. The molecular formula is C28H27FN8. The number of halogens is 1. The van der Waals surface area contributed by atoms with Crippen LogP contribution >= 0.6 is 0 Å². The van der Waals surface area contributed by atoms with Crippen LogP contribution in [0.2, 0.25) is 0 Å². The number of aromatic nitrogens is 5. The van der Waals surface area contributed by atoms with Crippen LogP contribution in [0, 0.1) is 11.4 Å². The second kappa shape index (κ2) is 9.33. The number of anilines is 3. The van der Waals surface area contributed by atoms with Crippen molar-refractivity contribution in [3.8, 4) is 11.4 Å². The van der Waals surface area contributed by atoms with Gasteiger partial charge in [-0.1, -0.05) is 32.1 Å². The first-order chi connectivity index (χ1) is 18.0. The third-order valence-electron chi connectivity index (χ3n) is 6.95.